The minimum Gasteiger partial charge on any atom is -0.379 e. The summed E-state index contributed by atoms with van der Waals surface area (Å²) in [5.41, 5.74) is 0. The molecule has 0 aromatic carbocycles. The van der Waals surface area contributed by atoms with Crippen LogP contribution >= 0.6 is 0 Å². The van der Waals surface area contributed by atoms with E-state index >= 15 is 0 Å². The van der Waals surface area contributed by atoms with E-state index in [-0.39, 0.29) is 12.3 Å². The van der Waals surface area contributed by atoms with Gasteiger partial charge in [-0.1, -0.05) is 6.92 Å². The van der Waals surface area contributed by atoms with Gasteiger partial charge in [-0.25, -0.2) is 0 Å². The molecule has 0 aromatic heterocycles. The summed E-state index contributed by atoms with van der Waals surface area (Å²) >= 11 is 0. The van der Waals surface area contributed by atoms with Crippen molar-refractivity contribution in [2.75, 3.05) is 40.4 Å². The number of ether oxygens (including phenoxy) is 1. The summed E-state index contributed by atoms with van der Waals surface area (Å²) in [6.07, 6.45) is 0.595. The number of rotatable bonds is 4. The van der Waals surface area contributed by atoms with E-state index in [1.165, 1.54) is 0 Å². The molecule has 0 radical (unpaired) electrons. The normalized spacial score (nSPS) is 23.8. The van der Waals surface area contributed by atoms with Gasteiger partial charge >= 0.3 is 0 Å². The van der Waals surface area contributed by atoms with Crippen LogP contribution in [0.5, 0.6) is 0 Å². The molecule has 1 saturated heterocycles. The number of hydrogen-bond acceptors (Lipinski definition) is 4. The lowest BCUT2D eigenvalue weighted by molar-refractivity contribution is -0.0685. The highest BCUT2D eigenvalue weighted by Crippen LogP contribution is 2.12. The van der Waals surface area contributed by atoms with Crippen LogP contribution in [0.1, 0.15) is 13.3 Å². The average Bonchev–Trinajstić information content (AvgIpc) is 2.20. The van der Waals surface area contributed by atoms with Gasteiger partial charge in [0, 0.05) is 19.1 Å². The maximum Gasteiger partial charge on any atom is 0.122 e. The first-order valence-corrected chi connectivity index (χ1v) is 5.33. The third-order valence-corrected chi connectivity index (χ3v) is 2.81. The van der Waals surface area contributed by atoms with Crippen molar-refractivity contribution in [2.45, 2.75) is 25.6 Å². The Balaban J connectivity index is 2.50. The van der Waals surface area contributed by atoms with Crippen molar-refractivity contribution in [1.29, 1.82) is 0 Å². The van der Waals surface area contributed by atoms with Gasteiger partial charge in [0.1, 0.15) is 6.23 Å². The van der Waals surface area contributed by atoms with Crippen LogP contribution in [0.4, 0.5) is 0 Å². The van der Waals surface area contributed by atoms with Crippen molar-refractivity contribution >= 4 is 0 Å². The van der Waals surface area contributed by atoms with E-state index in [1.54, 1.807) is 0 Å². The number of aliphatic hydroxyl groups excluding tert-OH is 1. The summed E-state index contributed by atoms with van der Waals surface area (Å²) in [7, 11) is 3.82. The van der Waals surface area contributed by atoms with Crippen LogP contribution in [-0.2, 0) is 4.74 Å². The zero-order chi connectivity index (χ0) is 10.6. The Morgan fingerprint density at radius 1 is 1.36 bits per heavy atom. The van der Waals surface area contributed by atoms with Gasteiger partial charge in [0.05, 0.1) is 13.2 Å². The van der Waals surface area contributed by atoms with Crippen LogP contribution in [-0.4, -0.2) is 67.6 Å². The van der Waals surface area contributed by atoms with Gasteiger partial charge in [-0.15, -0.1) is 0 Å². The molecule has 1 aliphatic heterocycles. The van der Waals surface area contributed by atoms with Crippen molar-refractivity contribution in [3.63, 3.8) is 0 Å². The minimum atomic E-state index is -0.377. The second kappa shape index (κ2) is 5.66. The van der Waals surface area contributed by atoms with E-state index in [1.807, 2.05) is 19.0 Å². The second-order valence-corrected chi connectivity index (χ2v) is 4.00. The fourth-order valence-electron chi connectivity index (χ4n) is 1.91. The topological polar surface area (TPSA) is 35.9 Å². The predicted molar refractivity (Wildman–Crippen MR) is 56.2 cm³/mol. The lowest BCUT2D eigenvalue weighted by atomic mass is 10.1. The predicted octanol–water partition coefficient (Wildman–Crippen LogP) is -0.0228. The molecule has 2 unspecified atom stereocenters. The molecule has 0 aliphatic carbocycles. The van der Waals surface area contributed by atoms with E-state index in [9.17, 15) is 5.11 Å². The van der Waals surface area contributed by atoms with Crippen molar-refractivity contribution in [3.05, 3.63) is 0 Å². The number of hydrogen-bond donors (Lipinski definition) is 1. The molecule has 0 aromatic rings. The SMILES string of the molecule is CCC(C(O)N(C)C)N1CCOCC1. The molecule has 2 atom stereocenters. The molecule has 4 heteroatoms. The summed E-state index contributed by atoms with van der Waals surface area (Å²) in [4.78, 5) is 4.18. The Bertz CT molecular complexity index is 158. The van der Waals surface area contributed by atoms with Crippen LogP contribution in [0, 0.1) is 0 Å². The van der Waals surface area contributed by atoms with Gasteiger partial charge in [0.15, 0.2) is 0 Å². The van der Waals surface area contributed by atoms with E-state index in [2.05, 4.69) is 11.8 Å². The van der Waals surface area contributed by atoms with Gasteiger partial charge in [-0.3, -0.25) is 9.80 Å². The fourth-order valence-corrected chi connectivity index (χ4v) is 1.91. The first-order valence-electron chi connectivity index (χ1n) is 5.33. The Kier molecular flexibility index (Phi) is 4.81. The maximum absolute atomic E-state index is 9.98. The highest BCUT2D eigenvalue weighted by atomic mass is 16.5. The zero-order valence-electron chi connectivity index (χ0n) is 9.44. The summed E-state index contributed by atoms with van der Waals surface area (Å²) in [6.45, 7) is 5.56. The molecular weight excluding hydrogens is 180 g/mol. The van der Waals surface area contributed by atoms with Crippen LogP contribution in [0.2, 0.25) is 0 Å². The molecule has 0 spiro atoms. The number of aliphatic hydroxyl groups is 1. The molecule has 1 N–H and O–H groups in total. The van der Waals surface area contributed by atoms with Gasteiger partial charge in [-0.05, 0) is 20.5 Å². The largest absolute Gasteiger partial charge is 0.379 e. The average molecular weight is 202 g/mol. The summed E-state index contributed by atoms with van der Waals surface area (Å²) in [5.74, 6) is 0. The first-order chi connectivity index (χ1) is 6.66. The number of morpholine rings is 1. The molecular formula is C10H22N2O2. The maximum atomic E-state index is 9.98. The molecule has 1 fully saturated rings. The van der Waals surface area contributed by atoms with E-state index in [0.717, 1.165) is 32.7 Å². The Hall–Kier alpha value is -0.160. The van der Waals surface area contributed by atoms with Crippen LogP contribution < -0.4 is 0 Å². The van der Waals surface area contributed by atoms with Crippen LogP contribution in [0.3, 0.4) is 0 Å². The molecule has 0 saturated carbocycles. The first kappa shape index (κ1) is 11.9. The summed E-state index contributed by atoms with van der Waals surface area (Å²) in [5, 5.41) is 9.98. The Morgan fingerprint density at radius 2 is 1.93 bits per heavy atom. The molecule has 1 heterocycles. The third-order valence-electron chi connectivity index (χ3n) is 2.81. The minimum absolute atomic E-state index is 0.230. The van der Waals surface area contributed by atoms with Crippen LogP contribution in [0.25, 0.3) is 0 Å². The van der Waals surface area contributed by atoms with Crippen molar-refractivity contribution in [1.82, 2.24) is 9.80 Å². The second-order valence-electron chi connectivity index (χ2n) is 4.00. The monoisotopic (exact) mass is 202 g/mol. The Labute approximate surface area is 86.4 Å². The van der Waals surface area contributed by atoms with E-state index in [0.29, 0.717) is 0 Å². The van der Waals surface area contributed by atoms with Crippen molar-refractivity contribution in [3.8, 4) is 0 Å². The molecule has 1 rings (SSSR count). The van der Waals surface area contributed by atoms with Crippen molar-refractivity contribution < 1.29 is 9.84 Å². The lowest BCUT2D eigenvalue weighted by Crippen LogP contribution is -2.52. The Morgan fingerprint density at radius 3 is 2.36 bits per heavy atom. The number of nitrogens with zero attached hydrogens (tertiary/aromatic N) is 2. The number of likely N-dealkylation sites (N-methyl/N-ethyl adjacent to an activating group) is 1. The molecule has 14 heavy (non-hydrogen) atoms. The van der Waals surface area contributed by atoms with E-state index in [4.69, 9.17) is 4.74 Å². The van der Waals surface area contributed by atoms with Crippen LogP contribution in [0.15, 0.2) is 0 Å². The smallest absolute Gasteiger partial charge is 0.122 e. The van der Waals surface area contributed by atoms with E-state index < -0.39 is 0 Å². The zero-order valence-corrected chi connectivity index (χ0v) is 9.44. The van der Waals surface area contributed by atoms with Gasteiger partial charge in [0.25, 0.3) is 0 Å². The highest BCUT2D eigenvalue weighted by Gasteiger charge is 2.26. The summed E-state index contributed by atoms with van der Waals surface area (Å²) < 4.78 is 5.30. The fraction of sp³-hybridized carbons (Fsp3) is 1.00. The molecule has 84 valence electrons. The molecule has 0 amide bonds. The van der Waals surface area contributed by atoms with Crippen molar-refractivity contribution in [2.24, 2.45) is 0 Å². The lowest BCUT2D eigenvalue weighted by Gasteiger charge is -2.38. The quantitative estimate of drug-likeness (QED) is 0.650. The third kappa shape index (κ3) is 2.92. The van der Waals surface area contributed by atoms with Gasteiger partial charge in [-0.2, -0.15) is 0 Å². The summed E-state index contributed by atoms with van der Waals surface area (Å²) in [6, 6.07) is 0.230. The standard InChI is InChI=1S/C10H22N2O2/c1-4-9(10(13)11(2)3)12-5-7-14-8-6-12/h9-10,13H,4-8H2,1-3H3. The molecule has 0 bridgehead atoms. The molecule has 4 nitrogen and oxygen atoms in total. The van der Waals surface area contributed by atoms with Gasteiger partial charge < -0.3 is 9.84 Å². The highest BCUT2D eigenvalue weighted by molar-refractivity contribution is 4.78. The van der Waals surface area contributed by atoms with Gasteiger partial charge in [0.2, 0.25) is 0 Å². The molecule has 1 aliphatic rings.